The molecule has 0 unspecified atom stereocenters. The minimum absolute atomic E-state index is 0.300. The minimum Gasteiger partial charge on any atom is -0.494 e. The van der Waals surface area contributed by atoms with Crippen LogP contribution in [-0.2, 0) is 11.2 Å². The Morgan fingerprint density at radius 2 is 1.90 bits per heavy atom. The highest BCUT2D eigenvalue weighted by Gasteiger charge is 2.11. The summed E-state index contributed by atoms with van der Waals surface area (Å²) in [4.78, 5) is 14.1. The number of rotatable bonds is 9. The molecule has 0 bridgehead atoms. The van der Waals surface area contributed by atoms with Gasteiger partial charge in [-0.2, -0.15) is 5.26 Å². The molecule has 0 radical (unpaired) electrons. The van der Waals surface area contributed by atoms with Crippen LogP contribution >= 0.6 is 12.2 Å². The summed E-state index contributed by atoms with van der Waals surface area (Å²) in [5, 5.41) is 12.0. The molecule has 150 valence electrons. The van der Waals surface area contributed by atoms with Crippen molar-refractivity contribution in [1.29, 1.82) is 5.26 Å². The Hall–Kier alpha value is -3.17. The van der Waals surface area contributed by atoms with E-state index in [1.54, 1.807) is 6.08 Å². The van der Waals surface area contributed by atoms with Crippen LogP contribution < -0.4 is 10.1 Å². The van der Waals surface area contributed by atoms with E-state index in [0.29, 0.717) is 31.2 Å². The molecule has 2 aromatic rings. The van der Waals surface area contributed by atoms with Gasteiger partial charge < -0.3 is 9.64 Å². The lowest BCUT2D eigenvalue weighted by atomic mass is 10.1. The van der Waals surface area contributed by atoms with Crippen LogP contribution in [0.2, 0.25) is 0 Å². The van der Waals surface area contributed by atoms with Gasteiger partial charge in [-0.25, -0.2) is 0 Å². The third-order valence-electron chi connectivity index (χ3n) is 4.14. The second kappa shape index (κ2) is 12.3. The SMILES string of the molecule is CCOc1ccc(/C=C/C(=O)NC(=S)N(CCC#N)CCc2ccccc2)cc1. The highest BCUT2D eigenvalue weighted by molar-refractivity contribution is 7.80. The molecule has 2 rings (SSSR count). The monoisotopic (exact) mass is 407 g/mol. The molecule has 0 saturated carbocycles. The number of nitriles is 1. The maximum atomic E-state index is 12.2. The summed E-state index contributed by atoms with van der Waals surface area (Å²) < 4.78 is 5.40. The van der Waals surface area contributed by atoms with Gasteiger partial charge in [0.2, 0.25) is 5.91 Å². The van der Waals surface area contributed by atoms with E-state index in [1.165, 1.54) is 11.6 Å². The van der Waals surface area contributed by atoms with E-state index in [9.17, 15) is 4.79 Å². The maximum Gasteiger partial charge on any atom is 0.250 e. The number of benzene rings is 2. The molecule has 0 aliphatic heterocycles. The second-order valence-corrected chi connectivity index (χ2v) is 6.65. The Balaban J connectivity index is 1.90. The molecule has 0 aromatic heterocycles. The molecule has 0 fully saturated rings. The van der Waals surface area contributed by atoms with Crippen LogP contribution in [0, 0.1) is 11.3 Å². The van der Waals surface area contributed by atoms with Crippen molar-refractivity contribution in [1.82, 2.24) is 10.2 Å². The summed E-state index contributed by atoms with van der Waals surface area (Å²) in [6, 6.07) is 19.6. The molecule has 1 N–H and O–H groups in total. The zero-order valence-electron chi connectivity index (χ0n) is 16.5. The summed E-state index contributed by atoms with van der Waals surface area (Å²) >= 11 is 5.39. The van der Waals surface area contributed by atoms with Gasteiger partial charge in [-0.05, 0) is 54.9 Å². The number of ether oxygens (including phenoxy) is 1. The Morgan fingerprint density at radius 3 is 2.55 bits per heavy atom. The fourth-order valence-corrected chi connectivity index (χ4v) is 2.93. The van der Waals surface area contributed by atoms with Crippen molar-refractivity contribution in [2.45, 2.75) is 19.8 Å². The number of carbonyl (C=O) groups excluding carboxylic acids is 1. The Bertz CT molecular complexity index is 858. The average molecular weight is 408 g/mol. The van der Waals surface area contributed by atoms with Crippen molar-refractivity contribution >= 4 is 29.3 Å². The molecular weight excluding hydrogens is 382 g/mol. The van der Waals surface area contributed by atoms with Gasteiger partial charge in [0.1, 0.15) is 5.75 Å². The van der Waals surface area contributed by atoms with Crippen LogP contribution in [0.1, 0.15) is 24.5 Å². The number of thiocarbonyl (C=S) groups is 1. The van der Waals surface area contributed by atoms with Gasteiger partial charge in [-0.1, -0.05) is 42.5 Å². The number of nitrogens with zero attached hydrogens (tertiary/aromatic N) is 2. The largest absolute Gasteiger partial charge is 0.494 e. The Labute approximate surface area is 177 Å². The van der Waals surface area contributed by atoms with Gasteiger partial charge in [-0.15, -0.1) is 0 Å². The van der Waals surface area contributed by atoms with Crippen LogP contribution in [0.3, 0.4) is 0 Å². The van der Waals surface area contributed by atoms with Gasteiger partial charge in [-0.3, -0.25) is 10.1 Å². The van der Waals surface area contributed by atoms with Gasteiger partial charge in [0.15, 0.2) is 5.11 Å². The molecule has 0 saturated heterocycles. The molecule has 5 nitrogen and oxygen atoms in total. The smallest absolute Gasteiger partial charge is 0.250 e. The number of amides is 1. The molecule has 0 aliphatic rings. The predicted octanol–water partition coefficient (Wildman–Crippen LogP) is 3.96. The lowest BCUT2D eigenvalue weighted by Gasteiger charge is -2.24. The van der Waals surface area contributed by atoms with E-state index >= 15 is 0 Å². The zero-order valence-corrected chi connectivity index (χ0v) is 17.3. The topological polar surface area (TPSA) is 65.4 Å². The van der Waals surface area contributed by atoms with E-state index in [1.807, 2.05) is 66.4 Å². The molecule has 29 heavy (non-hydrogen) atoms. The fraction of sp³-hybridized carbons (Fsp3) is 0.261. The number of hydrogen-bond acceptors (Lipinski definition) is 4. The van der Waals surface area contributed by atoms with Crippen LogP contribution in [0.15, 0.2) is 60.7 Å². The lowest BCUT2D eigenvalue weighted by Crippen LogP contribution is -2.43. The first-order valence-corrected chi connectivity index (χ1v) is 9.95. The van der Waals surface area contributed by atoms with Crippen molar-refractivity contribution in [3.63, 3.8) is 0 Å². The third kappa shape index (κ3) is 8.16. The summed E-state index contributed by atoms with van der Waals surface area (Å²) in [5.74, 6) is 0.493. The van der Waals surface area contributed by atoms with Crippen molar-refractivity contribution in [2.24, 2.45) is 0 Å². The third-order valence-corrected chi connectivity index (χ3v) is 4.50. The molecule has 0 heterocycles. The summed E-state index contributed by atoms with van der Waals surface area (Å²) in [6.07, 6.45) is 4.29. The predicted molar refractivity (Wildman–Crippen MR) is 119 cm³/mol. The Morgan fingerprint density at radius 1 is 1.17 bits per heavy atom. The van der Waals surface area contributed by atoms with Crippen LogP contribution in [0.4, 0.5) is 0 Å². The number of carbonyl (C=O) groups is 1. The molecular formula is C23H25N3O2S. The minimum atomic E-state index is -0.300. The maximum absolute atomic E-state index is 12.2. The number of nitrogens with one attached hydrogen (secondary N) is 1. The van der Waals surface area contributed by atoms with Gasteiger partial charge in [0, 0.05) is 19.2 Å². The molecule has 0 atom stereocenters. The first kappa shape index (κ1) is 22.1. The molecule has 0 spiro atoms. The van der Waals surface area contributed by atoms with E-state index in [0.717, 1.165) is 17.7 Å². The zero-order chi connectivity index (χ0) is 20.9. The Kier molecular flexibility index (Phi) is 9.40. The van der Waals surface area contributed by atoms with Crippen LogP contribution in [0.25, 0.3) is 6.08 Å². The molecule has 1 amide bonds. The van der Waals surface area contributed by atoms with E-state index in [-0.39, 0.29) is 5.91 Å². The normalized spacial score (nSPS) is 10.3. The quantitative estimate of drug-likeness (QED) is 0.503. The van der Waals surface area contributed by atoms with E-state index in [4.69, 9.17) is 22.2 Å². The fourth-order valence-electron chi connectivity index (χ4n) is 2.65. The van der Waals surface area contributed by atoms with Gasteiger partial charge in [0.05, 0.1) is 19.1 Å². The van der Waals surface area contributed by atoms with Gasteiger partial charge >= 0.3 is 0 Å². The lowest BCUT2D eigenvalue weighted by molar-refractivity contribution is -0.115. The van der Waals surface area contributed by atoms with Crippen LogP contribution in [0.5, 0.6) is 5.75 Å². The van der Waals surface area contributed by atoms with Crippen molar-refractivity contribution < 1.29 is 9.53 Å². The summed E-state index contributed by atoms with van der Waals surface area (Å²) in [7, 11) is 0. The van der Waals surface area contributed by atoms with Crippen LogP contribution in [-0.4, -0.2) is 35.6 Å². The first-order valence-electron chi connectivity index (χ1n) is 9.54. The first-order chi connectivity index (χ1) is 14.1. The molecule has 2 aromatic carbocycles. The van der Waals surface area contributed by atoms with Crippen molar-refractivity contribution in [2.75, 3.05) is 19.7 Å². The molecule has 6 heteroatoms. The second-order valence-electron chi connectivity index (χ2n) is 6.26. The van der Waals surface area contributed by atoms with E-state index < -0.39 is 0 Å². The number of hydrogen-bond donors (Lipinski definition) is 1. The average Bonchev–Trinajstić information content (AvgIpc) is 2.74. The van der Waals surface area contributed by atoms with Crippen molar-refractivity contribution in [3.8, 4) is 11.8 Å². The van der Waals surface area contributed by atoms with Gasteiger partial charge in [0.25, 0.3) is 0 Å². The van der Waals surface area contributed by atoms with Crippen molar-refractivity contribution in [3.05, 3.63) is 71.8 Å². The molecule has 0 aliphatic carbocycles. The highest BCUT2D eigenvalue weighted by atomic mass is 32.1. The summed E-state index contributed by atoms with van der Waals surface area (Å²) in [6.45, 7) is 3.65. The summed E-state index contributed by atoms with van der Waals surface area (Å²) in [5.41, 5.74) is 2.07. The standard InChI is InChI=1S/C23H25N3O2S/c1-2-28-21-12-9-20(10-13-21)11-14-22(27)25-23(29)26(17-6-16-24)18-15-19-7-4-3-5-8-19/h3-5,7-14H,2,6,15,17-18H2,1H3,(H,25,27,29)/b14-11+. The highest BCUT2D eigenvalue weighted by Crippen LogP contribution is 2.13. The van der Waals surface area contributed by atoms with E-state index in [2.05, 4.69) is 11.4 Å².